The van der Waals surface area contributed by atoms with E-state index < -0.39 is 0 Å². The lowest BCUT2D eigenvalue weighted by atomic mass is 9.82. The summed E-state index contributed by atoms with van der Waals surface area (Å²) in [6.45, 7) is 0.543. The van der Waals surface area contributed by atoms with Gasteiger partial charge in [-0.15, -0.1) is 12.4 Å². The lowest BCUT2D eigenvalue weighted by Crippen LogP contribution is -2.51. The van der Waals surface area contributed by atoms with E-state index in [1.807, 2.05) is 24.3 Å². The molecular weight excluding hydrogens is 302 g/mol. The van der Waals surface area contributed by atoms with Gasteiger partial charge in [0.25, 0.3) is 0 Å². The molecule has 3 N–H and O–H groups in total. The van der Waals surface area contributed by atoms with Crippen LogP contribution >= 0.6 is 12.4 Å². The number of halogens is 1. The van der Waals surface area contributed by atoms with Gasteiger partial charge in [-0.3, -0.25) is 4.79 Å². The van der Waals surface area contributed by atoms with E-state index in [1.165, 1.54) is 6.42 Å². The van der Waals surface area contributed by atoms with Gasteiger partial charge in [-0.25, -0.2) is 0 Å². The molecule has 0 radical (unpaired) electrons. The fraction of sp³-hybridized carbons (Fsp3) is 0.500. The molecule has 2 aromatic rings. The van der Waals surface area contributed by atoms with Gasteiger partial charge in [0.1, 0.15) is 5.69 Å². The number of carbonyl (C=O) groups is 1. The fourth-order valence-electron chi connectivity index (χ4n) is 2.99. The van der Waals surface area contributed by atoms with E-state index in [-0.39, 0.29) is 30.3 Å². The van der Waals surface area contributed by atoms with Gasteiger partial charge in [0.15, 0.2) is 5.58 Å². The van der Waals surface area contributed by atoms with Gasteiger partial charge in [0.05, 0.1) is 6.42 Å². The molecule has 1 heterocycles. The van der Waals surface area contributed by atoms with Gasteiger partial charge in [-0.1, -0.05) is 36.6 Å². The molecule has 1 aromatic carbocycles. The molecule has 3 rings (SSSR count). The summed E-state index contributed by atoms with van der Waals surface area (Å²) >= 11 is 0. The SMILES string of the molecule is Cl.NC1(CNC(=O)Cc2noc3ccccc23)CCCCC1. The summed E-state index contributed by atoms with van der Waals surface area (Å²) in [6.07, 6.45) is 5.76. The highest BCUT2D eigenvalue weighted by Crippen LogP contribution is 2.25. The quantitative estimate of drug-likeness (QED) is 0.906. The monoisotopic (exact) mass is 323 g/mol. The van der Waals surface area contributed by atoms with Gasteiger partial charge in [0, 0.05) is 17.5 Å². The van der Waals surface area contributed by atoms with Crippen molar-refractivity contribution in [3.63, 3.8) is 0 Å². The van der Waals surface area contributed by atoms with Crippen molar-refractivity contribution in [1.82, 2.24) is 10.5 Å². The third-order valence-electron chi connectivity index (χ3n) is 4.27. The Labute approximate surface area is 136 Å². The van der Waals surface area contributed by atoms with Crippen molar-refractivity contribution in [3.8, 4) is 0 Å². The van der Waals surface area contributed by atoms with Crippen LogP contribution in [0.5, 0.6) is 0 Å². The number of rotatable bonds is 4. The largest absolute Gasteiger partial charge is 0.356 e. The van der Waals surface area contributed by atoms with Crippen molar-refractivity contribution < 1.29 is 9.32 Å². The van der Waals surface area contributed by atoms with Crippen LogP contribution in [-0.4, -0.2) is 23.1 Å². The Morgan fingerprint density at radius 1 is 1.27 bits per heavy atom. The summed E-state index contributed by atoms with van der Waals surface area (Å²) in [6, 6.07) is 7.57. The lowest BCUT2D eigenvalue weighted by Gasteiger charge is -2.33. The molecular formula is C16H22ClN3O2. The number of hydrogen-bond acceptors (Lipinski definition) is 4. The number of aromatic nitrogens is 1. The van der Waals surface area contributed by atoms with E-state index >= 15 is 0 Å². The maximum atomic E-state index is 12.1. The summed E-state index contributed by atoms with van der Waals surface area (Å²) in [4.78, 5) is 12.1. The van der Waals surface area contributed by atoms with E-state index in [9.17, 15) is 4.79 Å². The Morgan fingerprint density at radius 2 is 2.00 bits per heavy atom. The molecule has 0 saturated heterocycles. The Hall–Kier alpha value is -1.59. The summed E-state index contributed by atoms with van der Waals surface area (Å²) in [7, 11) is 0. The fourth-order valence-corrected chi connectivity index (χ4v) is 2.99. The van der Waals surface area contributed by atoms with Crippen molar-refractivity contribution in [2.75, 3.05) is 6.54 Å². The van der Waals surface area contributed by atoms with Crippen LogP contribution in [0.1, 0.15) is 37.8 Å². The van der Waals surface area contributed by atoms with Gasteiger partial charge in [-0.05, 0) is 25.0 Å². The number of nitrogens with one attached hydrogen (secondary N) is 1. The molecule has 1 saturated carbocycles. The molecule has 0 atom stereocenters. The second-order valence-corrected chi connectivity index (χ2v) is 6.00. The third kappa shape index (κ3) is 3.78. The molecule has 1 aliphatic rings. The number of benzene rings is 1. The highest BCUT2D eigenvalue weighted by atomic mass is 35.5. The number of amides is 1. The van der Waals surface area contributed by atoms with Gasteiger partial charge in [0.2, 0.25) is 5.91 Å². The van der Waals surface area contributed by atoms with Crippen LogP contribution in [0.2, 0.25) is 0 Å². The number of carbonyl (C=O) groups excluding carboxylic acids is 1. The molecule has 1 fully saturated rings. The predicted molar refractivity (Wildman–Crippen MR) is 88.0 cm³/mol. The van der Waals surface area contributed by atoms with Crippen molar-refractivity contribution in [1.29, 1.82) is 0 Å². The third-order valence-corrected chi connectivity index (χ3v) is 4.27. The van der Waals surface area contributed by atoms with E-state index in [1.54, 1.807) is 0 Å². The average molecular weight is 324 g/mol. The molecule has 6 heteroatoms. The smallest absolute Gasteiger partial charge is 0.226 e. The van der Waals surface area contributed by atoms with Crippen molar-refractivity contribution >= 4 is 29.3 Å². The van der Waals surface area contributed by atoms with Crippen LogP contribution in [0.4, 0.5) is 0 Å². The van der Waals surface area contributed by atoms with Gasteiger partial charge in [-0.2, -0.15) is 0 Å². The molecule has 1 amide bonds. The van der Waals surface area contributed by atoms with E-state index in [2.05, 4.69) is 10.5 Å². The second-order valence-electron chi connectivity index (χ2n) is 6.00. The number of para-hydroxylation sites is 1. The Kier molecular flexibility index (Phi) is 5.42. The summed E-state index contributed by atoms with van der Waals surface area (Å²) in [5.41, 5.74) is 7.48. The highest BCUT2D eigenvalue weighted by Gasteiger charge is 2.27. The standard InChI is InChI=1S/C16H21N3O2.ClH/c17-16(8-4-1-5-9-16)11-18-15(20)10-13-12-6-2-3-7-14(12)21-19-13;/h2-3,6-7H,1,4-5,8-11,17H2,(H,18,20);1H. The van der Waals surface area contributed by atoms with Crippen molar-refractivity contribution in [2.24, 2.45) is 5.73 Å². The molecule has 0 unspecified atom stereocenters. The van der Waals surface area contributed by atoms with E-state index in [4.69, 9.17) is 10.3 Å². The van der Waals surface area contributed by atoms with Gasteiger partial charge >= 0.3 is 0 Å². The first kappa shape index (κ1) is 16.8. The topological polar surface area (TPSA) is 81.1 Å². The minimum atomic E-state index is -0.236. The Bertz CT molecular complexity index is 635. The zero-order valence-electron chi connectivity index (χ0n) is 12.5. The highest BCUT2D eigenvalue weighted by molar-refractivity contribution is 5.86. The molecule has 0 aliphatic heterocycles. The maximum absolute atomic E-state index is 12.1. The minimum absolute atomic E-state index is 0. The lowest BCUT2D eigenvalue weighted by molar-refractivity contribution is -0.120. The molecule has 5 nitrogen and oxygen atoms in total. The minimum Gasteiger partial charge on any atom is -0.356 e. The second kappa shape index (κ2) is 7.11. The summed E-state index contributed by atoms with van der Waals surface area (Å²) in [5.74, 6) is -0.0514. The number of fused-ring (bicyclic) bond motifs is 1. The first-order chi connectivity index (χ1) is 10.2. The molecule has 22 heavy (non-hydrogen) atoms. The summed E-state index contributed by atoms with van der Waals surface area (Å²) in [5, 5.41) is 7.83. The van der Waals surface area contributed by atoms with Crippen molar-refractivity contribution in [3.05, 3.63) is 30.0 Å². The number of nitrogens with two attached hydrogens (primary N) is 1. The van der Waals surface area contributed by atoms with Crippen LogP contribution < -0.4 is 11.1 Å². The first-order valence-electron chi connectivity index (χ1n) is 7.55. The number of nitrogens with zero attached hydrogens (tertiary/aromatic N) is 1. The molecule has 1 aromatic heterocycles. The average Bonchev–Trinajstić information content (AvgIpc) is 2.90. The van der Waals surface area contributed by atoms with Gasteiger partial charge < -0.3 is 15.6 Å². The molecule has 120 valence electrons. The van der Waals surface area contributed by atoms with Crippen LogP contribution in [0.3, 0.4) is 0 Å². The zero-order chi connectivity index (χ0) is 14.7. The Balaban J connectivity index is 0.00000176. The molecule has 1 aliphatic carbocycles. The normalized spacial score (nSPS) is 17.0. The van der Waals surface area contributed by atoms with Crippen LogP contribution in [0, 0.1) is 0 Å². The van der Waals surface area contributed by atoms with E-state index in [0.717, 1.165) is 31.1 Å². The van der Waals surface area contributed by atoms with E-state index in [0.29, 0.717) is 17.8 Å². The molecule has 0 bridgehead atoms. The van der Waals surface area contributed by atoms with Crippen molar-refractivity contribution in [2.45, 2.75) is 44.1 Å². The predicted octanol–water partition coefficient (Wildman–Crippen LogP) is 2.57. The maximum Gasteiger partial charge on any atom is 0.226 e. The first-order valence-corrected chi connectivity index (χ1v) is 7.55. The van der Waals surface area contributed by atoms with Crippen LogP contribution in [-0.2, 0) is 11.2 Å². The summed E-state index contributed by atoms with van der Waals surface area (Å²) < 4.78 is 5.21. The molecule has 0 spiro atoms. The van der Waals surface area contributed by atoms with Crippen LogP contribution in [0.25, 0.3) is 11.0 Å². The zero-order valence-corrected chi connectivity index (χ0v) is 13.3. The number of hydrogen-bond donors (Lipinski definition) is 2. The van der Waals surface area contributed by atoms with Crippen LogP contribution in [0.15, 0.2) is 28.8 Å². The Morgan fingerprint density at radius 3 is 2.77 bits per heavy atom.